The number of anilines is 1. The lowest BCUT2D eigenvalue weighted by molar-refractivity contribution is -0.132. The van der Waals surface area contributed by atoms with Gasteiger partial charge < -0.3 is 19.0 Å². The minimum absolute atomic E-state index is 0.0114. The van der Waals surface area contributed by atoms with Crippen LogP contribution >= 0.6 is 23.2 Å². The van der Waals surface area contributed by atoms with Crippen molar-refractivity contribution in [2.45, 2.75) is 19.9 Å². The number of aryl methyl sites for hydroxylation is 1. The van der Waals surface area contributed by atoms with E-state index in [1.54, 1.807) is 24.3 Å². The fourth-order valence-corrected chi connectivity index (χ4v) is 4.77. The van der Waals surface area contributed by atoms with Crippen LogP contribution in [0.4, 0.5) is 5.69 Å². The number of aliphatic hydroxyl groups is 1. The summed E-state index contributed by atoms with van der Waals surface area (Å²) in [4.78, 5) is 27.9. The molecule has 1 aromatic heterocycles. The molecule has 0 radical (unpaired) electrons. The maximum absolute atomic E-state index is 13.3. The van der Waals surface area contributed by atoms with E-state index in [1.165, 1.54) is 31.4 Å². The third-order valence-electron chi connectivity index (χ3n) is 5.89. The molecule has 4 rings (SSSR count). The normalized spacial score (nSPS) is 17.4. The molecule has 0 saturated carbocycles. The third kappa shape index (κ3) is 3.61. The molecule has 3 aromatic rings. The molecule has 1 aliphatic rings. The van der Waals surface area contributed by atoms with Crippen LogP contribution in [0.25, 0.3) is 5.76 Å². The summed E-state index contributed by atoms with van der Waals surface area (Å²) in [5.74, 6) is -1.71. The number of carbonyl (C=O) groups excluding carboxylic acids is 2. The van der Waals surface area contributed by atoms with Crippen molar-refractivity contribution in [3.63, 3.8) is 0 Å². The molecule has 7 nitrogen and oxygen atoms in total. The van der Waals surface area contributed by atoms with Crippen LogP contribution in [-0.2, 0) is 9.59 Å². The van der Waals surface area contributed by atoms with Crippen LogP contribution in [-0.4, -0.2) is 31.0 Å². The van der Waals surface area contributed by atoms with Gasteiger partial charge in [-0.1, -0.05) is 35.3 Å². The van der Waals surface area contributed by atoms with Crippen molar-refractivity contribution in [1.29, 1.82) is 0 Å². The number of furan rings is 1. The zero-order chi connectivity index (χ0) is 24.7. The second-order valence-electron chi connectivity index (χ2n) is 7.69. The van der Waals surface area contributed by atoms with Gasteiger partial charge in [0.1, 0.15) is 22.6 Å². The van der Waals surface area contributed by atoms with Crippen molar-refractivity contribution < 1.29 is 28.6 Å². The highest BCUT2D eigenvalue weighted by molar-refractivity contribution is 6.52. The maximum Gasteiger partial charge on any atom is 0.300 e. The number of ketones is 1. The van der Waals surface area contributed by atoms with Crippen molar-refractivity contribution >= 4 is 46.3 Å². The fraction of sp³-hybridized carbons (Fsp3) is 0.200. The zero-order valence-electron chi connectivity index (χ0n) is 18.8. The van der Waals surface area contributed by atoms with Gasteiger partial charge in [-0.05, 0) is 49.2 Å². The van der Waals surface area contributed by atoms with Crippen molar-refractivity contribution in [2.75, 3.05) is 19.1 Å². The summed E-state index contributed by atoms with van der Waals surface area (Å²) in [6, 6.07) is 9.05. The van der Waals surface area contributed by atoms with Gasteiger partial charge in [0.2, 0.25) is 0 Å². The summed E-state index contributed by atoms with van der Waals surface area (Å²) in [7, 11) is 2.74. The number of ether oxygens (including phenoxy) is 2. The SMILES string of the molecule is COc1c(Cl)cc(/C(O)=C2/C(=O)C(=O)N(c3cccc(C)c3C)C2c2ccco2)c(OC)c1Cl. The number of methoxy groups -OCH3 is 2. The molecule has 176 valence electrons. The summed E-state index contributed by atoms with van der Waals surface area (Å²) in [6.45, 7) is 3.76. The first kappa shape index (κ1) is 23.7. The Morgan fingerprint density at radius 3 is 2.38 bits per heavy atom. The average Bonchev–Trinajstić information content (AvgIpc) is 3.42. The van der Waals surface area contributed by atoms with E-state index in [2.05, 4.69) is 0 Å². The summed E-state index contributed by atoms with van der Waals surface area (Å²) in [5.41, 5.74) is 2.13. The molecule has 0 bridgehead atoms. The van der Waals surface area contributed by atoms with Gasteiger partial charge in [0, 0.05) is 5.69 Å². The van der Waals surface area contributed by atoms with Crippen LogP contribution in [0, 0.1) is 13.8 Å². The lowest BCUT2D eigenvalue weighted by Gasteiger charge is -2.25. The molecular weight excluding hydrogens is 481 g/mol. The van der Waals surface area contributed by atoms with E-state index in [0.29, 0.717) is 11.4 Å². The Balaban J connectivity index is 2.02. The number of amides is 1. The van der Waals surface area contributed by atoms with Gasteiger partial charge in [-0.2, -0.15) is 0 Å². The van der Waals surface area contributed by atoms with E-state index in [-0.39, 0.29) is 32.7 Å². The Morgan fingerprint density at radius 1 is 1.06 bits per heavy atom. The van der Waals surface area contributed by atoms with E-state index in [9.17, 15) is 14.7 Å². The zero-order valence-corrected chi connectivity index (χ0v) is 20.3. The Hall–Kier alpha value is -3.42. The van der Waals surface area contributed by atoms with Gasteiger partial charge in [-0.3, -0.25) is 14.5 Å². The van der Waals surface area contributed by atoms with Crippen LogP contribution in [0.5, 0.6) is 11.5 Å². The molecule has 0 aliphatic carbocycles. The molecule has 1 unspecified atom stereocenters. The fourth-order valence-electron chi connectivity index (χ4n) is 4.09. The number of hydrogen-bond acceptors (Lipinski definition) is 6. The molecule has 1 fully saturated rings. The molecule has 1 aliphatic heterocycles. The van der Waals surface area contributed by atoms with Crippen LogP contribution in [0.1, 0.15) is 28.5 Å². The number of carbonyl (C=O) groups is 2. The molecule has 1 N–H and O–H groups in total. The summed E-state index contributed by atoms with van der Waals surface area (Å²) in [6.07, 6.45) is 1.43. The smallest absolute Gasteiger partial charge is 0.300 e. The predicted octanol–water partition coefficient (Wildman–Crippen LogP) is 5.85. The lowest BCUT2D eigenvalue weighted by atomic mass is 9.98. The van der Waals surface area contributed by atoms with Gasteiger partial charge in [-0.25, -0.2) is 0 Å². The highest BCUT2D eigenvalue weighted by atomic mass is 35.5. The largest absolute Gasteiger partial charge is 0.507 e. The van der Waals surface area contributed by atoms with Crippen LogP contribution in [0.3, 0.4) is 0 Å². The second-order valence-corrected chi connectivity index (χ2v) is 8.48. The average molecular weight is 502 g/mol. The van der Waals surface area contributed by atoms with Crippen molar-refractivity contribution in [3.8, 4) is 11.5 Å². The molecular formula is C25H21Cl2NO6. The van der Waals surface area contributed by atoms with Gasteiger partial charge in [-0.15, -0.1) is 0 Å². The first-order valence-corrected chi connectivity index (χ1v) is 11.0. The van der Waals surface area contributed by atoms with Gasteiger partial charge in [0.15, 0.2) is 11.5 Å². The highest BCUT2D eigenvalue weighted by Gasteiger charge is 2.49. The summed E-state index contributed by atoms with van der Waals surface area (Å²) >= 11 is 12.7. The summed E-state index contributed by atoms with van der Waals surface area (Å²) < 4.78 is 16.2. The van der Waals surface area contributed by atoms with Gasteiger partial charge in [0.05, 0.1) is 36.6 Å². The van der Waals surface area contributed by atoms with Gasteiger partial charge >= 0.3 is 0 Å². The first-order valence-electron chi connectivity index (χ1n) is 10.2. The highest BCUT2D eigenvalue weighted by Crippen LogP contribution is 2.48. The lowest BCUT2D eigenvalue weighted by Crippen LogP contribution is -2.30. The molecule has 1 atom stereocenters. The monoisotopic (exact) mass is 501 g/mol. The predicted molar refractivity (Wildman–Crippen MR) is 129 cm³/mol. The van der Waals surface area contributed by atoms with Crippen molar-refractivity contribution in [3.05, 3.63) is 80.7 Å². The quantitative estimate of drug-likeness (QED) is 0.268. The van der Waals surface area contributed by atoms with E-state index < -0.39 is 23.5 Å². The molecule has 2 aromatic carbocycles. The molecule has 9 heteroatoms. The first-order chi connectivity index (χ1) is 16.2. The maximum atomic E-state index is 13.3. The summed E-state index contributed by atoms with van der Waals surface area (Å²) in [5, 5.41) is 11.5. The molecule has 34 heavy (non-hydrogen) atoms. The van der Waals surface area contributed by atoms with E-state index in [4.69, 9.17) is 37.1 Å². The number of benzene rings is 2. The number of aliphatic hydroxyl groups excluding tert-OH is 1. The standard InChI is InChI=1S/C25H21Cl2NO6/c1-12-7-5-8-16(13(12)2)28-20(17-9-6-10-34-17)18(22(30)25(28)31)21(29)14-11-15(26)24(33-4)19(27)23(14)32-3/h5-11,20,29H,1-4H3/b21-18-. The van der Waals surface area contributed by atoms with Crippen LogP contribution in [0.2, 0.25) is 10.0 Å². The minimum atomic E-state index is -1.03. The number of halogens is 2. The number of hydrogen-bond donors (Lipinski definition) is 1. The second kappa shape index (κ2) is 9.08. The Morgan fingerprint density at radius 2 is 1.76 bits per heavy atom. The molecule has 0 spiro atoms. The molecule has 2 heterocycles. The van der Waals surface area contributed by atoms with Crippen molar-refractivity contribution in [1.82, 2.24) is 0 Å². The van der Waals surface area contributed by atoms with Crippen LogP contribution < -0.4 is 14.4 Å². The number of Topliss-reactive ketones (excluding diaryl/α,β-unsaturated/α-hetero) is 1. The topological polar surface area (TPSA) is 89.2 Å². The Bertz CT molecular complexity index is 1330. The minimum Gasteiger partial charge on any atom is -0.507 e. The molecule has 1 saturated heterocycles. The number of rotatable bonds is 5. The van der Waals surface area contributed by atoms with Crippen LogP contribution in [0.15, 0.2) is 52.7 Å². The van der Waals surface area contributed by atoms with E-state index in [0.717, 1.165) is 11.1 Å². The van der Waals surface area contributed by atoms with Gasteiger partial charge in [0.25, 0.3) is 11.7 Å². The van der Waals surface area contributed by atoms with E-state index in [1.807, 2.05) is 19.9 Å². The van der Waals surface area contributed by atoms with Crippen molar-refractivity contribution in [2.24, 2.45) is 0 Å². The number of nitrogens with zero attached hydrogens (tertiary/aromatic N) is 1. The Labute approximate surface area is 206 Å². The van der Waals surface area contributed by atoms with E-state index >= 15 is 0 Å². The molecule has 1 amide bonds. The Kier molecular flexibility index (Phi) is 6.34. The third-order valence-corrected chi connectivity index (χ3v) is 6.51.